The van der Waals surface area contributed by atoms with Gasteiger partial charge in [0.05, 0.1) is 5.56 Å². The van der Waals surface area contributed by atoms with Crippen LogP contribution in [-0.4, -0.2) is 11.1 Å². The van der Waals surface area contributed by atoms with E-state index >= 15 is 0 Å². The quantitative estimate of drug-likeness (QED) is 0.909. The zero-order valence-corrected chi connectivity index (χ0v) is 10.6. The number of benzene rings is 2. The Morgan fingerprint density at radius 1 is 1.11 bits per heavy atom. The third kappa shape index (κ3) is 2.73. The van der Waals surface area contributed by atoms with Crippen molar-refractivity contribution in [1.29, 1.82) is 0 Å². The molecule has 3 nitrogen and oxygen atoms in total. The molecule has 0 spiro atoms. The summed E-state index contributed by atoms with van der Waals surface area (Å²) in [5.41, 5.74) is 1.31. The third-order valence-electron chi connectivity index (χ3n) is 2.80. The van der Waals surface area contributed by atoms with E-state index in [4.69, 9.17) is 9.84 Å². The molecular formula is C15H13FO3. The number of carboxylic acid groups (broad SMARTS) is 1. The van der Waals surface area contributed by atoms with Crippen LogP contribution in [-0.2, 0) is 0 Å². The van der Waals surface area contributed by atoms with E-state index in [2.05, 4.69) is 0 Å². The molecule has 0 aliphatic rings. The number of rotatable bonds is 3. The third-order valence-corrected chi connectivity index (χ3v) is 2.80. The Hall–Kier alpha value is -2.36. The summed E-state index contributed by atoms with van der Waals surface area (Å²) in [5.74, 6) is -0.846. The molecule has 0 unspecified atom stereocenters. The van der Waals surface area contributed by atoms with Gasteiger partial charge in [0, 0.05) is 0 Å². The Bertz CT molecular complexity index is 635. The van der Waals surface area contributed by atoms with Crippen molar-refractivity contribution in [3.05, 3.63) is 58.9 Å². The average Bonchev–Trinajstić information content (AvgIpc) is 2.37. The topological polar surface area (TPSA) is 46.5 Å². The number of ether oxygens (including phenoxy) is 1. The standard InChI is InChI=1S/C15H13FO3/c1-9-4-3-5-13(14(9)16)19-12-7-6-11(15(17)18)8-10(12)2/h3-8H,1-2H3,(H,17,18). The SMILES string of the molecule is Cc1cc(C(=O)O)ccc1Oc1cccc(C)c1F. The molecule has 0 saturated heterocycles. The van der Waals surface area contributed by atoms with Crippen LogP contribution < -0.4 is 4.74 Å². The molecule has 0 aliphatic carbocycles. The van der Waals surface area contributed by atoms with Gasteiger partial charge in [-0.15, -0.1) is 0 Å². The van der Waals surface area contributed by atoms with Crippen molar-refractivity contribution in [2.75, 3.05) is 0 Å². The zero-order valence-electron chi connectivity index (χ0n) is 10.6. The van der Waals surface area contributed by atoms with Gasteiger partial charge >= 0.3 is 5.97 Å². The highest BCUT2D eigenvalue weighted by atomic mass is 19.1. The summed E-state index contributed by atoms with van der Waals surface area (Å²) in [5, 5.41) is 8.87. The molecule has 2 rings (SSSR count). The predicted molar refractivity (Wildman–Crippen MR) is 69.3 cm³/mol. The van der Waals surface area contributed by atoms with Crippen molar-refractivity contribution >= 4 is 5.97 Å². The van der Waals surface area contributed by atoms with Crippen LogP contribution in [0.4, 0.5) is 4.39 Å². The average molecular weight is 260 g/mol. The molecule has 0 bridgehead atoms. The fourth-order valence-corrected chi connectivity index (χ4v) is 1.71. The van der Waals surface area contributed by atoms with E-state index in [0.717, 1.165) is 0 Å². The minimum atomic E-state index is -1.00. The lowest BCUT2D eigenvalue weighted by Gasteiger charge is -2.11. The number of carbonyl (C=O) groups is 1. The lowest BCUT2D eigenvalue weighted by atomic mass is 10.1. The van der Waals surface area contributed by atoms with E-state index in [1.165, 1.54) is 24.3 Å². The normalized spacial score (nSPS) is 10.3. The fraction of sp³-hybridized carbons (Fsp3) is 0.133. The molecule has 0 radical (unpaired) electrons. The van der Waals surface area contributed by atoms with Crippen molar-refractivity contribution in [3.63, 3.8) is 0 Å². The van der Waals surface area contributed by atoms with Crippen LogP contribution >= 0.6 is 0 Å². The number of hydrogen-bond donors (Lipinski definition) is 1. The molecule has 4 heteroatoms. The molecule has 0 amide bonds. The van der Waals surface area contributed by atoms with Crippen LogP contribution in [0.1, 0.15) is 21.5 Å². The van der Waals surface area contributed by atoms with Crippen LogP contribution in [0.25, 0.3) is 0 Å². The monoisotopic (exact) mass is 260 g/mol. The fourth-order valence-electron chi connectivity index (χ4n) is 1.71. The summed E-state index contributed by atoms with van der Waals surface area (Å²) in [4.78, 5) is 10.8. The molecule has 0 atom stereocenters. The summed E-state index contributed by atoms with van der Waals surface area (Å²) in [6.45, 7) is 3.37. The van der Waals surface area contributed by atoms with Gasteiger partial charge in [-0.1, -0.05) is 12.1 Å². The molecule has 0 saturated carbocycles. The Kier molecular flexibility index (Phi) is 3.51. The molecule has 98 valence electrons. The molecule has 0 aromatic heterocycles. The van der Waals surface area contributed by atoms with Crippen LogP contribution in [0.3, 0.4) is 0 Å². The van der Waals surface area contributed by atoms with Gasteiger partial charge < -0.3 is 9.84 Å². The van der Waals surface area contributed by atoms with Crippen LogP contribution in [0.5, 0.6) is 11.5 Å². The number of halogens is 1. The summed E-state index contributed by atoms with van der Waals surface area (Å²) in [6, 6.07) is 9.34. The molecule has 0 aliphatic heterocycles. The minimum Gasteiger partial charge on any atom is -0.478 e. The van der Waals surface area contributed by atoms with Gasteiger partial charge in [-0.25, -0.2) is 9.18 Å². The van der Waals surface area contributed by atoms with Gasteiger partial charge in [0.1, 0.15) is 5.75 Å². The lowest BCUT2D eigenvalue weighted by Crippen LogP contribution is -1.98. The van der Waals surface area contributed by atoms with Gasteiger partial charge in [0.25, 0.3) is 0 Å². The van der Waals surface area contributed by atoms with Crippen LogP contribution in [0.2, 0.25) is 0 Å². The van der Waals surface area contributed by atoms with E-state index in [1.54, 1.807) is 26.0 Å². The molecule has 0 fully saturated rings. The first-order chi connectivity index (χ1) is 8.99. The lowest BCUT2D eigenvalue weighted by molar-refractivity contribution is 0.0697. The number of aromatic carboxylic acids is 1. The van der Waals surface area contributed by atoms with E-state index < -0.39 is 11.8 Å². The van der Waals surface area contributed by atoms with Gasteiger partial charge in [-0.05, 0) is 49.2 Å². The first-order valence-corrected chi connectivity index (χ1v) is 5.76. The number of aryl methyl sites for hydroxylation is 2. The van der Waals surface area contributed by atoms with E-state index in [1.807, 2.05) is 0 Å². The Balaban J connectivity index is 2.34. The summed E-state index contributed by atoms with van der Waals surface area (Å²) in [7, 11) is 0. The summed E-state index contributed by atoms with van der Waals surface area (Å²) >= 11 is 0. The second-order valence-electron chi connectivity index (χ2n) is 4.27. The van der Waals surface area contributed by atoms with Crippen LogP contribution in [0.15, 0.2) is 36.4 Å². The first-order valence-electron chi connectivity index (χ1n) is 5.76. The van der Waals surface area contributed by atoms with E-state index in [0.29, 0.717) is 16.9 Å². The first kappa shape index (κ1) is 13.1. The smallest absolute Gasteiger partial charge is 0.335 e. The highest BCUT2D eigenvalue weighted by molar-refractivity contribution is 5.88. The molecule has 0 heterocycles. The van der Waals surface area contributed by atoms with Crippen molar-refractivity contribution in [1.82, 2.24) is 0 Å². The Morgan fingerprint density at radius 3 is 2.47 bits per heavy atom. The number of hydrogen-bond acceptors (Lipinski definition) is 2. The minimum absolute atomic E-state index is 0.131. The van der Waals surface area contributed by atoms with Crippen molar-refractivity contribution in [2.45, 2.75) is 13.8 Å². The Labute approximate surface area is 110 Å². The molecular weight excluding hydrogens is 247 g/mol. The van der Waals surface area contributed by atoms with E-state index in [-0.39, 0.29) is 11.3 Å². The predicted octanol–water partition coefficient (Wildman–Crippen LogP) is 3.93. The molecule has 19 heavy (non-hydrogen) atoms. The Morgan fingerprint density at radius 2 is 1.84 bits per heavy atom. The second kappa shape index (κ2) is 5.10. The van der Waals surface area contributed by atoms with Crippen molar-refractivity contribution in [2.24, 2.45) is 0 Å². The van der Waals surface area contributed by atoms with Gasteiger partial charge in [0.2, 0.25) is 0 Å². The van der Waals surface area contributed by atoms with Gasteiger partial charge in [-0.2, -0.15) is 0 Å². The second-order valence-corrected chi connectivity index (χ2v) is 4.27. The van der Waals surface area contributed by atoms with Crippen LogP contribution in [0, 0.1) is 19.7 Å². The van der Waals surface area contributed by atoms with Crippen molar-refractivity contribution in [3.8, 4) is 11.5 Å². The summed E-state index contributed by atoms with van der Waals surface area (Å²) < 4.78 is 19.3. The maximum absolute atomic E-state index is 13.8. The van der Waals surface area contributed by atoms with Gasteiger partial charge in [-0.3, -0.25) is 0 Å². The largest absolute Gasteiger partial charge is 0.478 e. The molecule has 2 aromatic carbocycles. The molecule has 1 N–H and O–H groups in total. The summed E-state index contributed by atoms with van der Waals surface area (Å²) in [6.07, 6.45) is 0. The van der Waals surface area contributed by atoms with Crippen molar-refractivity contribution < 1.29 is 19.0 Å². The maximum Gasteiger partial charge on any atom is 0.335 e. The highest BCUT2D eigenvalue weighted by Gasteiger charge is 2.10. The highest BCUT2D eigenvalue weighted by Crippen LogP contribution is 2.28. The van der Waals surface area contributed by atoms with Gasteiger partial charge in [0.15, 0.2) is 11.6 Å². The molecule has 2 aromatic rings. The number of carboxylic acids is 1. The maximum atomic E-state index is 13.8. The zero-order chi connectivity index (χ0) is 14.0. The van der Waals surface area contributed by atoms with E-state index in [9.17, 15) is 9.18 Å².